The Labute approximate surface area is 79.3 Å². The number of esters is 1. The molecule has 0 aromatic heterocycles. The molecule has 0 unspecified atom stereocenters. The van der Waals surface area contributed by atoms with Gasteiger partial charge in [-0.05, 0) is 20.3 Å². The third-order valence-corrected chi connectivity index (χ3v) is 1.42. The summed E-state index contributed by atoms with van der Waals surface area (Å²) in [5, 5.41) is 0. The molecule has 0 aromatic carbocycles. The molecule has 0 amide bonds. The maximum atomic E-state index is 11.2. The minimum absolute atomic E-state index is 0.335. The third kappa shape index (κ3) is 6.00. The largest absolute Gasteiger partial charge is 0.462 e. The molecular formula is C10H17NO2. The second-order valence-corrected chi connectivity index (χ2v) is 2.92. The summed E-state index contributed by atoms with van der Waals surface area (Å²) in [5.41, 5.74) is 8.99. The van der Waals surface area contributed by atoms with Crippen molar-refractivity contribution < 1.29 is 9.53 Å². The standard InChI is InChI=1S/C10H17NO2/c1-4-5-6-13-10(12)8(2)7-9(3)11/h4-6,11H2,1-3H3. The fraction of sp³-hybridized carbons (Fsp3) is 0.600. The van der Waals surface area contributed by atoms with Crippen LogP contribution in [0.4, 0.5) is 0 Å². The van der Waals surface area contributed by atoms with Crippen molar-refractivity contribution in [3.05, 3.63) is 17.0 Å². The van der Waals surface area contributed by atoms with E-state index in [-0.39, 0.29) is 5.97 Å². The monoisotopic (exact) mass is 183 g/mol. The van der Waals surface area contributed by atoms with Crippen LogP contribution >= 0.6 is 0 Å². The summed E-state index contributed by atoms with van der Waals surface area (Å²) in [7, 11) is 0. The van der Waals surface area contributed by atoms with Gasteiger partial charge in [-0.15, -0.1) is 0 Å². The molecule has 0 radical (unpaired) electrons. The molecule has 0 rings (SSSR count). The highest BCUT2D eigenvalue weighted by molar-refractivity contribution is 5.87. The Morgan fingerprint density at radius 3 is 2.54 bits per heavy atom. The van der Waals surface area contributed by atoms with Crippen molar-refractivity contribution in [3.63, 3.8) is 0 Å². The Balaban J connectivity index is 4.06. The smallest absolute Gasteiger partial charge is 0.341 e. The molecule has 0 aliphatic carbocycles. The van der Waals surface area contributed by atoms with Crippen LogP contribution in [-0.4, -0.2) is 12.6 Å². The van der Waals surface area contributed by atoms with E-state index in [9.17, 15) is 4.79 Å². The molecule has 13 heavy (non-hydrogen) atoms. The van der Waals surface area contributed by atoms with Crippen molar-refractivity contribution >= 4 is 5.97 Å². The number of rotatable bonds is 4. The van der Waals surface area contributed by atoms with Gasteiger partial charge >= 0.3 is 5.97 Å². The fourth-order valence-corrected chi connectivity index (χ4v) is 0.764. The first kappa shape index (κ1) is 11.8. The first-order valence-electron chi connectivity index (χ1n) is 4.44. The number of unbranched alkanes of at least 4 members (excludes halogenated alkanes) is 1. The van der Waals surface area contributed by atoms with Crippen LogP contribution in [0.15, 0.2) is 17.0 Å². The van der Waals surface area contributed by atoms with Gasteiger partial charge in [0.15, 0.2) is 0 Å². The number of carbonyl (C=O) groups excluding carboxylic acids is 1. The molecule has 0 aliphatic rings. The minimum Gasteiger partial charge on any atom is -0.462 e. The molecular weight excluding hydrogens is 166 g/mol. The topological polar surface area (TPSA) is 52.3 Å². The zero-order chi connectivity index (χ0) is 10.3. The van der Waals surface area contributed by atoms with Gasteiger partial charge in [-0.3, -0.25) is 0 Å². The highest BCUT2D eigenvalue weighted by Gasteiger charge is 2.03. The Morgan fingerprint density at radius 2 is 2.08 bits per heavy atom. The van der Waals surface area contributed by atoms with E-state index < -0.39 is 0 Å². The quantitative estimate of drug-likeness (QED) is 0.312. The van der Waals surface area contributed by atoms with Gasteiger partial charge in [0.2, 0.25) is 0 Å². The molecule has 0 saturated carbocycles. The molecule has 0 heterocycles. The van der Waals surface area contributed by atoms with Gasteiger partial charge in [0.1, 0.15) is 0 Å². The molecule has 0 saturated heterocycles. The summed E-state index contributed by atoms with van der Waals surface area (Å²) in [4.78, 5) is 11.2. The average Bonchev–Trinajstić information content (AvgIpc) is 2.03. The van der Waals surface area contributed by atoms with Crippen molar-refractivity contribution in [2.24, 2.45) is 5.73 Å². The number of carbonyl (C=O) groups is 1. The summed E-state index contributed by atoms with van der Waals surface area (Å²) >= 11 is 0. The minimum atomic E-state index is -0.335. The van der Waals surface area contributed by atoms with E-state index in [0.29, 0.717) is 17.9 Å². The lowest BCUT2D eigenvalue weighted by atomic mass is 10.3. The van der Waals surface area contributed by atoms with Gasteiger partial charge < -0.3 is 10.5 Å². The first-order chi connectivity index (χ1) is 6.07. The van der Waals surface area contributed by atoms with Crippen molar-refractivity contribution in [3.8, 4) is 0 Å². The predicted octanol–water partition coefficient (Wildman–Crippen LogP) is 1.74. The zero-order valence-corrected chi connectivity index (χ0v) is 8.52. The first-order valence-corrected chi connectivity index (χ1v) is 4.44. The fourth-order valence-electron chi connectivity index (χ4n) is 0.764. The van der Waals surface area contributed by atoms with Crippen LogP contribution in [0, 0.1) is 0 Å². The Bertz CT molecular complexity index is 233. The SMILES string of the molecule is CCCCOC(=O)C(C)=C=C(C)N. The van der Waals surface area contributed by atoms with E-state index in [0.717, 1.165) is 12.8 Å². The lowest BCUT2D eigenvalue weighted by Gasteiger charge is -2.01. The van der Waals surface area contributed by atoms with Crippen molar-refractivity contribution in [1.29, 1.82) is 0 Å². The second-order valence-electron chi connectivity index (χ2n) is 2.92. The van der Waals surface area contributed by atoms with E-state index in [4.69, 9.17) is 10.5 Å². The summed E-state index contributed by atoms with van der Waals surface area (Å²) in [6.07, 6.45) is 1.91. The lowest BCUT2D eigenvalue weighted by molar-refractivity contribution is -0.139. The molecule has 0 aliphatic heterocycles. The molecule has 0 aromatic rings. The van der Waals surface area contributed by atoms with Crippen molar-refractivity contribution in [2.45, 2.75) is 33.6 Å². The van der Waals surface area contributed by atoms with Crippen LogP contribution in [0.3, 0.4) is 0 Å². The van der Waals surface area contributed by atoms with Gasteiger partial charge in [-0.2, -0.15) is 0 Å². The zero-order valence-electron chi connectivity index (χ0n) is 8.52. The van der Waals surface area contributed by atoms with Crippen LogP contribution in [0.25, 0.3) is 0 Å². The number of hydrogen-bond donors (Lipinski definition) is 1. The third-order valence-electron chi connectivity index (χ3n) is 1.42. The highest BCUT2D eigenvalue weighted by Crippen LogP contribution is 1.97. The van der Waals surface area contributed by atoms with Crippen molar-refractivity contribution in [1.82, 2.24) is 0 Å². The van der Waals surface area contributed by atoms with E-state index in [2.05, 4.69) is 5.73 Å². The summed E-state index contributed by atoms with van der Waals surface area (Å²) in [5.74, 6) is -0.335. The van der Waals surface area contributed by atoms with Crippen LogP contribution in [0.1, 0.15) is 33.6 Å². The van der Waals surface area contributed by atoms with Crippen molar-refractivity contribution in [2.75, 3.05) is 6.61 Å². The van der Waals surface area contributed by atoms with Crippen LogP contribution in [-0.2, 0) is 9.53 Å². The maximum Gasteiger partial charge on any atom is 0.341 e. The van der Waals surface area contributed by atoms with E-state index in [1.807, 2.05) is 6.92 Å². The summed E-state index contributed by atoms with van der Waals surface area (Å²) in [6, 6.07) is 0. The number of ether oxygens (including phenoxy) is 1. The second kappa shape index (κ2) is 6.32. The summed E-state index contributed by atoms with van der Waals surface area (Å²) in [6.45, 7) is 5.84. The van der Waals surface area contributed by atoms with Gasteiger partial charge in [0.25, 0.3) is 0 Å². The van der Waals surface area contributed by atoms with Gasteiger partial charge in [0, 0.05) is 5.70 Å². The van der Waals surface area contributed by atoms with E-state index >= 15 is 0 Å². The molecule has 2 N–H and O–H groups in total. The number of hydrogen-bond acceptors (Lipinski definition) is 3. The summed E-state index contributed by atoms with van der Waals surface area (Å²) < 4.78 is 4.94. The molecule has 3 nitrogen and oxygen atoms in total. The molecule has 0 spiro atoms. The van der Waals surface area contributed by atoms with Gasteiger partial charge in [-0.1, -0.05) is 19.1 Å². The molecule has 0 bridgehead atoms. The predicted molar refractivity (Wildman–Crippen MR) is 51.9 cm³/mol. The Morgan fingerprint density at radius 1 is 1.46 bits per heavy atom. The van der Waals surface area contributed by atoms with Gasteiger partial charge in [-0.25, -0.2) is 4.79 Å². The van der Waals surface area contributed by atoms with Crippen LogP contribution in [0.5, 0.6) is 0 Å². The van der Waals surface area contributed by atoms with Crippen LogP contribution < -0.4 is 5.73 Å². The molecule has 74 valence electrons. The lowest BCUT2D eigenvalue weighted by Crippen LogP contribution is -2.06. The maximum absolute atomic E-state index is 11.2. The Kier molecular flexibility index (Phi) is 5.73. The number of nitrogens with two attached hydrogens (primary N) is 1. The average molecular weight is 183 g/mol. The highest BCUT2D eigenvalue weighted by atomic mass is 16.5. The van der Waals surface area contributed by atoms with E-state index in [1.54, 1.807) is 13.8 Å². The molecule has 3 heteroatoms. The van der Waals surface area contributed by atoms with E-state index in [1.165, 1.54) is 0 Å². The molecule has 0 fully saturated rings. The Hall–Kier alpha value is -1.21. The van der Waals surface area contributed by atoms with Crippen LogP contribution in [0.2, 0.25) is 0 Å². The molecule has 0 atom stereocenters. The normalized spacial score (nSPS) is 8.85. The van der Waals surface area contributed by atoms with Gasteiger partial charge in [0.05, 0.1) is 12.2 Å².